The summed E-state index contributed by atoms with van der Waals surface area (Å²) in [5, 5.41) is 3.59. The minimum Gasteiger partial charge on any atom is -0.494 e. The van der Waals surface area contributed by atoms with Gasteiger partial charge in [0, 0.05) is 11.6 Å². The molecule has 0 aliphatic heterocycles. The molecule has 0 aliphatic carbocycles. The summed E-state index contributed by atoms with van der Waals surface area (Å²) in [6.45, 7) is 2.94. The second-order valence-electron chi connectivity index (χ2n) is 10.7. The van der Waals surface area contributed by atoms with Gasteiger partial charge in [-0.2, -0.15) is 11.3 Å². The first-order chi connectivity index (χ1) is 21.6. The number of ether oxygens (including phenoxy) is 3. The third-order valence-electron chi connectivity index (χ3n) is 7.11. The Labute approximate surface area is 264 Å². The van der Waals surface area contributed by atoms with Crippen LogP contribution in [0.25, 0.3) is 0 Å². The van der Waals surface area contributed by atoms with Crippen LogP contribution in [-0.4, -0.2) is 24.8 Å². The second-order valence-corrected chi connectivity index (χ2v) is 11.4. The van der Waals surface area contributed by atoms with Gasteiger partial charge in [-0.3, -0.25) is 4.99 Å². The van der Waals surface area contributed by atoms with Gasteiger partial charge < -0.3 is 14.2 Å². The van der Waals surface area contributed by atoms with Gasteiger partial charge in [0.05, 0.1) is 23.4 Å². The number of esters is 2. The highest BCUT2D eigenvalue weighted by Crippen LogP contribution is 2.21. The predicted octanol–water partition coefficient (Wildman–Crippen LogP) is 10.2. The minimum atomic E-state index is -0.428. The van der Waals surface area contributed by atoms with E-state index >= 15 is 0 Å². The number of hydrogen-bond donors (Lipinski definition) is 0. The topological polar surface area (TPSA) is 74.2 Å². The zero-order chi connectivity index (χ0) is 30.8. The van der Waals surface area contributed by atoms with E-state index in [0.29, 0.717) is 34.9 Å². The lowest BCUT2D eigenvalue weighted by Gasteiger charge is -2.08. The predicted molar refractivity (Wildman–Crippen MR) is 178 cm³/mol. The van der Waals surface area contributed by atoms with Crippen LogP contribution in [-0.2, 0) is 0 Å². The number of thiophene rings is 1. The number of carbonyl (C=O) groups excluding carboxylic acids is 2. The van der Waals surface area contributed by atoms with Crippen LogP contribution in [0.3, 0.4) is 0 Å². The molecule has 7 heteroatoms. The summed E-state index contributed by atoms with van der Waals surface area (Å²) in [5.41, 5.74) is 2.56. The molecule has 230 valence electrons. The fourth-order valence-electron chi connectivity index (χ4n) is 4.55. The second kappa shape index (κ2) is 18.4. The van der Waals surface area contributed by atoms with Gasteiger partial charge in [0.25, 0.3) is 0 Å². The van der Waals surface area contributed by atoms with Crippen molar-refractivity contribution in [3.8, 4) is 17.2 Å². The van der Waals surface area contributed by atoms with Gasteiger partial charge in [0.2, 0.25) is 0 Å². The highest BCUT2D eigenvalue weighted by Gasteiger charge is 2.10. The number of hydrogen-bond acceptors (Lipinski definition) is 7. The monoisotopic (exact) mass is 611 g/mol. The molecule has 0 saturated carbocycles. The van der Waals surface area contributed by atoms with Gasteiger partial charge in [0.1, 0.15) is 17.2 Å². The van der Waals surface area contributed by atoms with Gasteiger partial charge in [0.15, 0.2) is 0 Å². The van der Waals surface area contributed by atoms with Crippen LogP contribution in [0.15, 0.2) is 94.6 Å². The molecule has 0 radical (unpaired) electrons. The first kappa shape index (κ1) is 32.7. The van der Waals surface area contributed by atoms with E-state index in [4.69, 9.17) is 14.2 Å². The van der Waals surface area contributed by atoms with Gasteiger partial charge in [-0.15, -0.1) is 0 Å². The lowest BCUT2D eigenvalue weighted by Crippen LogP contribution is -2.08. The molecule has 3 aromatic carbocycles. The van der Waals surface area contributed by atoms with Crippen LogP contribution in [0, 0.1) is 0 Å². The molecule has 0 fully saturated rings. The van der Waals surface area contributed by atoms with Crippen LogP contribution in [0.1, 0.15) is 97.4 Å². The summed E-state index contributed by atoms with van der Waals surface area (Å²) in [4.78, 5) is 29.2. The molecular weight excluding hydrogens is 570 g/mol. The van der Waals surface area contributed by atoms with E-state index in [1.54, 1.807) is 66.2 Å². The number of aliphatic imine (C=N–C) groups is 1. The highest BCUT2D eigenvalue weighted by atomic mass is 32.1. The van der Waals surface area contributed by atoms with Crippen molar-refractivity contribution in [2.45, 2.75) is 71.1 Å². The minimum absolute atomic E-state index is 0.380. The fraction of sp³-hybridized carbons (Fsp3) is 0.324. The molecule has 0 unspecified atom stereocenters. The first-order valence-electron chi connectivity index (χ1n) is 15.5. The van der Waals surface area contributed by atoms with E-state index in [1.807, 2.05) is 29.6 Å². The Morgan fingerprint density at radius 2 is 1.18 bits per heavy atom. The summed E-state index contributed by atoms with van der Waals surface area (Å²) in [6, 6.07) is 22.9. The van der Waals surface area contributed by atoms with E-state index in [2.05, 4.69) is 11.9 Å². The van der Waals surface area contributed by atoms with Crippen LogP contribution in [0.4, 0.5) is 5.69 Å². The van der Waals surface area contributed by atoms with Gasteiger partial charge >= 0.3 is 11.9 Å². The normalized spacial score (nSPS) is 11.0. The van der Waals surface area contributed by atoms with E-state index in [1.165, 1.54) is 69.1 Å². The number of nitrogens with zero attached hydrogens (tertiary/aromatic N) is 1. The van der Waals surface area contributed by atoms with Crippen molar-refractivity contribution >= 4 is 35.2 Å². The standard InChI is InChI=1S/C37H41NO5S/c1-2-3-4-5-6-7-8-9-10-11-25-41-33-20-14-30(15-21-33)36(39)42-35-22-16-32(17-23-35)38-27-29-12-18-34(19-13-29)43-37(40)31-24-26-44-28-31/h12-24,26-28H,2-11,25H2,1H3. The van der Waals surface area contributed by atoms with Crippen LogP contribution < -0.4 is 14.2 Å². The molecule has 4 rings (SSSR count). The molecule has 0 amide bonds. The Kier molecular flexibility index (Phi) is 13.7. The Bertz CT molecular complexity index is 1430. The quantitative estimate of drug-likeness (QED) is 0.0484. The van der Waals surface area contributed by atoms with Crippen molar-refractivity contribution < 1.29 is 23.8 Å². The van der Waals surface area contributed by atoms with Crippen molar-refractivity contribution in [1.29, 1.82) is 0 Å². The highest BCUT2D eigenvalue weighted by molar-refractivity contribution is 7.08. The molecule has 0 atom stereocenters. The van der Waals surface area contributed by atoms with E-state index < -0.39 is 5.97 Å². The van der Waals surface area contributed by atoms with Crippen molar-refractivity contribution in [3.63, 3.8) is 0 Å². The lowest BCUT2D eigenvalue weighted by molar-refractivity contribution is 0.0725. The number of benzene rings is 3. The Hall–Kier alpha value is -4.23. The lowest BCUT2D eigenvalue weighted by atomic mass is 10.1. The first-order valence-corrected chi connectivity index (χ1v) is 16.5. The van der Waals surface area contributed by atoms with Crippen LogP contribution in [0.2, 0.25) is 0 Å². The molecule has 4 aromatic rings. The van der Waals surface area contributed by atoms with E-state index in [-0.39, 0.29) is 5.97 Å². The maximum Gasteiger partial charge on any atom is 0.344 e. The summed E-state index contributed by atoms with van der Waals surface area (Å²) in [7, 11) is 0. The summed E-state index contributed by atoms with van der Waals surface area (Å²) in [6.07, 6.45) is 14.6. The SMILES string of the molecule is CCCCCCCCCCCCOc1ccc(C(=O)Oc2ccc(N=Cc3ccc(OC(=O)c4ccsc4)cc3)cc2)cc1. The van der Waals surface area contributed by atoms with E-state index in [0.717, 1.165) is 17.7 Å². The molecule has 44 heavy (non-hydrogen) atoms. The van der Waals surface area contributed by atoms with Crippen molar-refractivity contribution in [1.82, 2.24) is 0 Å². The summed E-state index contributed by atoms with van der Waals surface area (Å²) >= 11 is 1.45. The Balaban J connectivity index is 1.13. The molecule has 0 aliphatic rings. The largest absolute Gasteiger partial charge is 0.494 e. The van der Waals surface area contributed by atoms with Crippen molar-refractivity contribution in [2.75, 3.05) is 6.61 Å². The Morgan fingerprint density at radius 3 is 1.77 bits per heavy atom. The van der Waals surface area contributed by atoms with Crippen LogP contribution >= 0.6 is 11.3 Å². The van der Waals surface area contributed by atoms with Gasteiger partial charge in [-0.1, -0.05) is 64.7 Å². The molecular formula is C37H41NO5S. The third-order valence-corrected chi connectivity index (χ3v) is 7.80. The molecule has 0 N–H and O–H groups in total. The molecule has 0 saturated heterocycles. The molecule has 6 nitrogen and oxygen atoms in total. The molecule has 1 heterocycles. The maximum absolute atomic E-state index is 12.6. The molecule has 1 aromatic heterocycles. The number of carbonyl (C=O) groups is 2. The maximum atomic E-state index is 12.6. The van der Waals surface area contributed by atoms with Crippen molar-refractivity contribution in [2.24, 2.45) is 4.99 Å². The van der Waals surface area contributed by atoms with E-state index in [9.17, 15) is 9.59 Å². The number of unbranched alkanes of at least 4 members (excludes halogenated alkanes) is 9. The number of rotatable bonds is 18. The van der Waals surface area contributed by atoms with Gasteiger partial charge in [-0.25, -0.2) is 9.59 Å². The van der Waals surface area contributed by atoms with Crippen LogP contribution in [0.5, 0.6) is 17.2 Å². The van der Waals surface area contributed by atoms with Crippen molar-refractivity contribution in [3.05, 3.63) is 106 Å². The summed E-state index contributed by atoms with van der Waals surface area (Å²) in [5.74, 6) is 0.855. The average molecular weight is 612 g/mol. The Morgan fingerprint density at radius 1 is 0.636 bits per heavy atom. The zero-order valence-corrected chi connectivity index (χ0v) is 26.2. The molecule has 0 spiro atoms. The zero-order valence-electron chi connectivity index (χ0n) is 25.4. The third kappa shape index (κ3) is 11.5. The summed E-state index contributed by atoms with van der Waals surface area (Å²) < 4.78 is 16.8. The average Bonchev–Trinajstić information content (AvgIpc) is 3.60. The van der Waals surface area contributed by atoms with Gasteiger partial charge in [-0.05, 0) is 96.2 Å². The molecule has 0 bridgehead atoms. The smallest absolute Gasteiger partial charge is 0.344 e. The fourth-order valence-corrected chi connectivity index (χ4v) is 5.18.